The van der Waals surface area contributed by atoms with Crippen molar-refractivity contribution in [1.29, 1.82) is 0 Å². The molecule has 2 aliphatic heterocycles. The monoisotopic (exact) mass is 292 g/mol. The third kappa shape index (κ3) is 2.19. The second kappa shape index (κ2) is 4.92. The Morgan fingerprint density at radius 3 is 2.76 bits per heavy atom. The van der Waals surface area contributed by atoms with E-state index < -0.39 is 17.8 Å². The van der Waals surface area contributed by atoms with Gasteiger partial charge in [0.1, 0.15) is 11.9 Å². The smallest absolute Gasteiger partial charge is 0.255 e. The van der Waals surface area contributed by atoms with E-state index in [0.717, 1.165) is 0 Å². The average molecular weight is 292 g/mol. The van der Waals surface area contributed by atoms with Gasteiger partial charge in [-0.25, -0.2) is 4.39 Å². The van der Waals surface area contributed by atoms with Gasteiger partial charge in [0.2, 0.25) is 11.8 Å². The van der Waals surface area contributed by atoms with E-state index in [-0.39, 0.29) is 43.3 Å². The highest BCUT2D eigenvalue weighted by molar-refractivity contribution is 6.05. The minimum atomic E-state index is -0.688. The normalized spacial score (nSPS) is 21.5. The van der Waals surface area contributed by atoms with Gasteiger partial charge in [-0.15, -0.1) is 0 Å². The molecule has 0 bridgehead atoms. The van der Waals surface area contributed by atoms with Crippen molar-refractivity contribution in [1.82, 2.24) is 10.2 Å². The highest BCUT2D eigenvalue weighted by atomic mass is 19.1. The molecule has 0 aliphatic carbocycles. The van der Waals surface area contributed by atoms with Crippen molar-refractivity contribution < 1.29 is 18.8 Å². The molecule has 0 spiro atoms. The second-order valence-corrected chi connectivity index (χ2v) is 5.20. The molecule has 1 unspecified atom stereocenters. The van der Waals surface area contributed by atoms with E-state index in [2.05, 4.69) is 5.32 Å². The van der Waals surface area contributed by atoms with Crippen LogP contribution in [0.25, 0.3) is 0 Å². The van der Waals surface area contributed by atoms with Crippen molar-refractivity contribution in [3.05, 3.63) is 34.6 Å². The molecule has 6 nitrogen and oxygen atoms in total. The van der Waals surface area contributed by atoms with E-state index >= 15 is 0 Å². The summed E-state index contributed by atoms with van der Waals surface area (Å²) >= 11 is 0. The molecule has 1 aromatic carbocycles. The van der Waals surface area contributed by atoms with Crippen LogP contribution in [0.1, 0.15) is 34.3 Å². The predicted molar refractivity (Wildman–Crippen MR) is 70.3 cm³/mol. The molecule has 0 aromatic heterocycles. The van der Waals surface area contributed by atoms with Crippen molar-refractivity contribution in [2.75, 3.05) is 0 Å². The zero-order chi connectivity index (χ0) is 15.1. The number of fused-ring (bicyclic) bond motifs is 1. The van der Waals surface area contributed by atoms with Gasteiger partial charge in [-0.05, 0) is 24.1 Å². The molecule has 0 saturated carbocycles. The fourth-order valence-electron chi connectivity index (χ4n) is 2.80. The molecular weight excluding hydrogens is 278 g/mol. The van der Waals surface area contributed by atoms with E-state index in [9.17, 15) is 18.8 Å². The fraction of sp³-hybridized carbons (Fsp3) is 0.357. The molecule has 3 N–H and O–H groups in total. The maximum Gasteiger partial charge on any atom is 0.255 e. The van der Waals surface area contributed by atoms with Crippen LogP contribution in [0.3, 0.4) is 0 Å². The zero-order valence-electron chi connectivity index (χ0n) is 11.2. The maximum atomic E-state index is 13.7. The molecule has 0 radical (unpaired) electrons. The number of nitrogens with one attached hydrogen (secondary N) is 1. The molecule has 110 valence electrons. The van der Waals surface area contributed by atoms with Gasteiger partial charge in [-0.3, -0.25) is 19.7 Å². The van der Waals surface area contributed by atoms with Crippen molar-refractivity contribution in [2.45, 2.75) is 32.0 Å². The molecular formula is C14H14FN3O3. The summed E-state index contributed by atoms with van der Waals surface area (Å²) in [5.41, 5.74) is 6.71. The number of halogens is 1. The third-order valence-corrected chi connectivity index (χ3v) is 3.91. The summed E-state index contributed by atoms with van der Waals surface area (Å²) < 4.78 is 13.7. The summed E-state index contributed by atoms with van der Waals surface area (Å²) in [7, 11) is 0. The summed E-state index contributed by atoms with van der Waals surface area (Å²) in [6.45, 7) is 0.277. The highest BCUT2D eigenvalue weighted by Gasteiger charge is 2.39. The largest absolute Gasteiger partial charge is 0.326 e. The number of amides is 3. The molecule has 1 fully saturated rings. The van der Waals surface area contributed by atoms with Gasteiger partial charge < -0.3 is 10.6 Å². The lowest BCUT2D eigenvalue weighted by Crippen LogP contribution is -2.52. The number of hydrogen-bond donors (Lipinski definition) is 2. The van der Waals surface area contributed by atoms with Gasteiger partial charge in [0.15, 0.2) is 0 Å². The van der Waals surface area contributed by atoms with Crippen LogP contribution in [0, 0.1) is 5.82 Å². The number of piperidine rings is 1. The Labute approximate surface area is 120 Å². The number of nitrogens with two attached hydrogens (primary N) is 1. The average Bonchev–Trinajstić information content (AvgIpc) is 2.75. The van der Waals surface area contributed by atoms with Crippen LogP contribution in [0.5, 0.6) is 0 Å². The predicted octanol–water partition coefficient (Wildman–Crippen LogP) is 0.0454. The standard InChI is InChI=1S/C14H14FN3O3/c15-10-4-9-8(3-7(10)5-16)6-18(14(9)21)11-1-2-12(19)17-13(11)20/h3-4,11H,1-2,5-6,16H2,(H,17,19,20)/i18+1. The maximum absolute atomic E-state index is 13.7. The SMILES string of the molecule is NCc1cc2c(cc1F)C(=O)[15N](C1CCC(=O)NC1=O)C2. The third-order valence-electron chi connectivity index (χ3n) is 3.91. The van der Waals surface area contributed by atoms with Crippen LogP contribution in [0.4, 0.5) is 4.39 Å². The van der Waals surface area contributed by atoms with Crippen LogP contribution in [0.15, 0.2) is 12.1 Å². The van der Waals surface area contributed by atoms with Crippen LogP contribution < -0.4 is 11.1 Å². The van der Waals surface area contributed by atoms with Gasteiger partial charge in [0.05, 0.1) is 0 Å². The van der Waals surface area contributed by atoms with Gasteiger partial charge in [0, 0.05) is 30.6 Å². The molecule has 21 heavy (non-hydrogen) atoms. The topological polar surface area (TPSA) is 92.5 Å². The lowest BCUT2D eigenvalue weighted by atomic mass is 10.1. The first kappa shape index (κ1) is 13.7. The first-order valence-electron chi connectivity index (χ1n) is 6.67. The summed E-state index contributed by atoms with van der Waals surface area (Å²) in [6, 6.07) is 2.05. The van der Waals surface area contributed by atoms with Crippen LogP contribution in [-0.4, -0.2) is 28.7 Å². The summed E-state index contributed by atoms with van der Waals surface area (Å²) in [5, 5.41) is 2.22. The van der Waals surface area contributed by atoms with Crippen molar-refractivity contribution in [2.24, 2.45) is 5.73 Å². The van der Waals surface area contributed by atoms with E-state index in [1.807, 2.05) is 0 Å². The molecule has 1 saturated heterocycles. The van der Waals surface area contributed by atoms with Crippen molar-refractivity contribution in [3.8, 4) is 0 Å². The summed E-state index contributed by atoms with van der Waals surface area (Å²) in [6.07, 6.45) is 0.482. The Morgan fingerprint density at radius 2 is 2.10 bits per heavy atom. The fourth-order valence-corrected chi connectivity index (χ4v) is 2.80. The molecule has 1 aromatic rings. The Hall–Kier alpha value is -2.28. The molecule has 3 rings (SSSR count). The lowest BCUT2D eigenvalue weighted by Gasteiger charge is -2.29. The first-order chi connectivity index (χ1) is 10.0. The Balaban J connectivity index is 1.90. The zero-order valence-corrected chi connectivity index (χ0v) is 11.2. The first-order valence-corrected chi connectivity index (χ1v) is 6.67. The van der Waals surface area contributed by atoms with E-state index in [1.54, 1.807) is 6.07 Å². The summed E-state index contributed by atoms with van der Waals surface area (Å²) in [5.74, 6) is -1.72. The number of imide groups is 1. The number of carbonyl (C=O) groups excluding carboxylic acids is 3. The highest BCUT2D eigenvalue weighted by Crippen LogP contribution is 2.29. The second-order valence-electron chi connectivity index (χ2n) is 5.20. The Morgan fingerprint density at radius 1 is 1.33 bits per heavy atom. The van der Waals surface area contributed by atoms with Gasteiger partial charge >= 0.3 is 0 Å². The molecule has 2 aliphatic rings. The molecule has 3 amide bonds. The van der Waals surface area contributed by atoms with Gasteiger partial charge in [-0.2, -0.15) is 0 Å². The number of hydrogen-bond acceptors (Lipinski definition) is 4. The van der Waals surface area contributed by atoms with E-state index in [0.29, 0.717) is 11.1 Å². The quantitative estimate of drug-likeness (QED) is 0.595. The number of rotatable bonds is 2. The van der Waals surface area contributed by atoms with Crippen LogP contribution in [-0.2, 0) is 22.7 Å². The Kier molecular flexibility index (Phi) is 3.21. The number of benzene rings is 1. The van der Waals surface area contributed by atoms with Gasteiger partial charge in [0.25, 0.3) is 5.91 Å². The molecule has 7 heteroatoms. The van der Waals surface area contributed by atoms with Crippen molar-refractivity contribution >= 4 is 17.7 Å². The van der Waals surface area contributed by atoms with Crippen molar-refractivity contribution in [3.63, 3.8) is 0 Å². The minimum Gasteiger partial charge on any atom is -0.326 e. The lowest BCUT2D eigenvalue weighted by molar-refractivity contribution is -0.136. The molecule has 1 atom stereocenters. The minimum absolute atomic E-state index is 0.0473. The Bertz CT molecular complexity index is 659. The van der Waals surface area contributed by atoms with Crippen LogP contribution in [0.2, 0.25) is 0 Å². The molecule has 2 heterocycles. The van der Waals surface area contributed by atoms with E-state index in [4.69, 9.17) is 5.73 Å². The van der Waals surface area contributed by atoms with Crippen LogP contribution >= 0.6 is 0 Å². The number of nitrogens with zero attached hydrogens (tertiary/aromatic N) is 1. The van der Waals surface area contributed by atoms with E-state index in [1.165, 1.54) is 11.0 Å². The number of carbonyl (C=O) groups is 3. The summed E-state index contributed by atoms with van der Waals surface area (Å²) in [4.78, 5) is 36.7. The van der Waals surface area contributed by atoms with Gasteiger partial charge in [-0.1, -0.05) is 0 Å².